The molecule has 112 valence electrons. The average molecular weight is 351 g/mol. The van der Waals surface area contributed by atoms with E-state index < -0.39 is 0 Å². The molecule has 0 amide bonds. The Bertz CT molecular complexity index is 560. The van der Waals surface area contributed by atoms with E-state index in [9.17, 15) is 0 Å². The van der Waals surface area contributed by atoms with E-state index in [1.54, 1.807) is 13.3 Å². The van der Waals surface area contributed by atoms with Gasteiger partial charge in [-0.1, -0.05) is 18.2 Å². The van der Waals surface area contributed by atoms with Crippen molar-refractivity contribution >= 4 is 15.9 Å². The van der Waals surface area contributed by atoms with Crippen LogP contribution in [-0.2, 0) is 4.74 Å². The van der Waals surface area contributed by atoms with Gasteiger partial charge < -0.3 is 14.8 Å². The zero-order valence-electron chi connectivity index (χ0n) is 12.2. The normalized spacial score (nSPS) is 12.1. The Morgan fingerprint density at radius 2 is 2.00 bits per heavy atom. The Morgan fingerprint density at radius 1 is 1.19 bits per heavy atom. The molecule has 5 heteroatoms. The zero-order chi connectivity index (χ0) is 15.1. The molecule has 1 aromatic carbocycles. The SMILES string of the molecule is CNC(c1ccc(Br)cn1)c1ccccc1OCCOC. The highest BCUT2D eigenvalue weighted by atomic mass is 79.9. The second kappa shape index (κ2) is 8.12. The summed E-state index contributed by atoms with van der Waals surface area (Å²) in [7, 11) is 3.58. The van der Waals surface area contributed by atoms with Crippen LogP contribution < -0.4 is 10.1 Å². The monoisotopic (exact) mass is 350 g/mol. The van der Waals surface area contributed by atoms with Crippen LogP contribution in [0.2, 0.25) is 0 Å². The summed E-state index contributed by atoms with van der Waals surface area (Å²) >= 11 is 3.41. The van der Waals surface area contributed by atoms with Gasteiger partial charge >= 0.3 is 0 Å². The van der Waals surface area contributed by atoms with Crippen LogP contribution in [0.5, 0.6) is 5.75 Å². The van der Waals surface area contributed by atoms with Gasteiger partial charge in [0.25, 0.3) is 0 Å². The number of methoxy groups -OCH3 is 1. The van der Waals surface area contributed by atoms with Crippen molar-refractivity contribution in [1.82, 2.24) is 10.3 Å². The van der Waals surface area contributed by atoms with E-state index in [4.69, 9.17) is 9.47 Å². The van der Waals surface area contributed by atoms with Crippen molar-refractivity contribution in [3.8, 4) is 5.75 Å². The van der Waals surface area contributed by atoms with E-state index in [-0.39, 0.29) is 6.04 Å². The Labute approximate surface area is 133 Å². The standard InChI is InChI=1S/C16H19BrN2O2/c1-18-16(14-8-7-12(17)11-19-14)13-5-3-4-6-15(13)21-10-9-20-2/h3-8,11,16,18H,9-10H2,1-2H3. The van der Waals surface area contributed by atoms with Gasteiger partial charge in [-0.25, -0.2) is 0 Å². The minimum atomic E-state index is -0.0168. The largest absolute Gasteiger partial charge is 0.491 e. The lowest BCUT2D eigenvalue weighted by Gasteiger charge is -2.20. The molecule has 21 heavy (non-hydrogen) atoms. The van der Waals surface area contributed by atoms with Gasteiger partial charge in [0.2, 0.25) is 0 Å². The van der Waals surface area contributed by atoms with Crippen LogP contribution >= 0.6 is 15.9 Å². The van der Waals surface area contributed by atoms with Crippen LogP contribution in [0.3, 0.4) is 0 Å². The summed E-state index contributed by atoms with van der Waals surface area (Å²) in [6.45, 7) is 1.09. The molecule has 1 N–H and O–H groups in total. The summed E-state index contributed by atoms with van der Waals surface area (Å²) in [4.78, 5) is 4.47. The molecule has 2 rings (SSSR count). The number of ether oxygens (including phenoxy) is 2. The predicted octanol–water partition coefficient (Wildman–Crippen LogP) is 3.18. The molecule has 2 aromatic rings. The maximum Gasteiger partial charge on any atom is 0.124 e. The lowest BCUT2D eigenvalue weighted by atomic mass is 10.0. The Balaban J connectivity index is 2.27. The molecule has 0 spiro atoms. The van der Waals surface area contributed by atoms with E-state index in [0.29, 0.717) is 13.2 Å². The molecule has 1 aromatic heterocycles. The van der Waals surface area contributed by atoms with Crippen molar-refractivity contribution in [2.75, 3.05) is 27.4 Å². The molecule has 0 aliphatic rings. The molecule has 0 bridgehead atoms. The number of hydrogen-bond acceptors (Lipinski definition) is 4. The fourth-order valence-electron chi connectivity index (χ4n) is 2.11. The first-order valence-corrected chi connectivity index (χ1v) is 7.55. The van der Waals surface area contributed by atoms with E-state index in [0.717, 1.165) is 21.5 Å². The number of pyridine rings is 1. The first-order chi connectivity index (χ1) is 10.3. The molecule has 0 aliphatic carbocycles. The number of halogens is 1. The van der Waals surface area contributed by atoms with Crippen LogP contribution in [0.4, 0.5) is 0 Å². The minimum Gasteiger partial charge on any atom is -0.491 e. The molecular formula is C16H19BrN2O2. The Hall–Kier alpha value is -1.43. The third-order valence-corrected chi connectivity index (χ3v) is 3.58. The van der Waals surface area contributed by atoms with Crippen molar-refractivity contribution in [3.05, 3.63) is 58.3 Å². The van der Waals surface area contributed by atoms with E-state index >= 15 is 0 Å². The third kappa shape index (κ3) is 4.27. The van der Waals surface area contributed by atoms with Gasteiger partial charge in [-0.2, -0.15) is 0 Å². The average Bonchev–Trinajstić information content (AvgIpc) is 2.51. The summed E-state index contributed by atoms with van der Waals surface area (Å²) in [6.07, 6.45) is 1.80. The molecule has 0 fully saturated rings. The molecule has 1 unspecified atom stereocenters. The smallest absolute Gasteiger partial charge is 0.124 e. The van der Waals surface area contributed by atoms with Crippen LogP contribution in [0.1, 0.15) is 17.3 Å². The van der Waals surface area contributed by atoms with Gasteiger partial charge in [0.15, 0.2) is 0 Å². The van der Waals surface area contributed by atoms with Crippen molar-refractivity contribution in [1.29, 1.82) is 0 Å². The zero-order valence-corrected chi connectivity index (χ0v) is 13.8. The van der Waals surface area contributed by atoms with E-state index in [1.165, 1.54) is 0 Å². The van der Waals surface area contributed by atoms with Gasteiger partial charge in [0.1, 0.15) is 12.4 Å². The van der Waals surface area contributed by atoms with Crippen molar-refractivity contribution < 1.29 is 9.47 Å². The van der Waals surface area contributed by atoms with E-state index in [2.05, 4.69) is 26.2 Å². The maximum atomic E-state index is 5.80. The predicted molar refractivity (Wildman–Crippen MR) is 86.7 cm³/mol. The van der Waals surface area contributed by atoms with Crippen LogP contribution in [0.25, 0.3) is 0 Å². The Morgan fingerprint density at radius 3 is 2.67 bits per heavy atom. The molecule has 0 saturated carbocycles. The number of rotatable bonds is 7. The van der Waals surface area contributed by atoms with Gasteiger partial charge in [-0.3, -0.25) is 4.98 Å². The molecule has 1 heterocycles. The lowest BCUT2D eigenvalue weighted by molar-refractivity contribution is 0.145. The number of nitrogens with zero attached hydrogens (tertiary/aromatic N) is 1. The quantitative estimate of drug-likeness (QED) is 0.779. The molecule has 0 aliphatic heterocycles. The number of aromatic nitrogens is 1. The summed E-state index contributed by atoms with van der Waals surface area (Å²) in [6, 6.07) is 12.0. The molecule has 1 atom stereocenters. The van der Waals surface area contributed by atoms with Gasteiger partial charge in [-0.15, -0.1) is 0 Å². The van der Waals surface area contributed by atoms with Crippen molar-refractivity contribution in [2.24, 2.45) is 0 Å². The highest BCUT2D eigenvalue weighted by molar-refractivity contribution is 9.10. The maximum absolute atomic E-state index is 5.80. The minimum absolute atomic E-state index is 0.0168. The first-order valence-electron chi connectivity index (χ1n) is 6.75. The lowest BCUT2D eigenvalue weighted by Crippen LogP contribution is -2.20. The second-order valence-electron chi connectivity index (χ2n) is 4.50. The molecular weight excluding hydrogens is 332 g/mol. The van der Waals surface area contributed by atoms with Gasteiger partial charge in [0.05, 0.1) is 18.3 Å². The highest BCUT2D eigenvalue weighted by Gasteiger charge is 2.17. The fraction of sp³-hybridized carbons (Fsp3) is 0.312. The van der Waals surface area contributed by atoms with Gasteiger partial charge in [0, 0.05) is 23.3 Å². The second-order valence-corrected chi connectivity index (χ2v) is 5.42. The van der Waals surface area contributed by atoms with E-state index in [1.807, 2.05) is 43.4 Å². The topological polar surface area (TPSA) is 43.4 Å². The molecule has 0 radical (unpaired) electrons. The number of hydrogen-bond donors (Lipinski definition) is 1. The fourth-order valence-corrected chi connectivity index (χ4v) is 2.34. The molecule has 4 nitrogen and oxygen atoms in total. The van der Waals surface area contributed by atoms with Crippen LogP contribution in [0, 0.1) is 0 Å². The van der Waals surface area contributed by atoms with Crippen LogP contribution in [-0.4, -0.2) is 32.4 Å². The summed E-state index contributed by atoms with van der Waals surface area (Å²) in [5, 5.41) is 3.30. The van der Waals surface area contributed by atoms with Crippen molar-refractivity contribution in [3.63, 3.8) is 0 Å². The number of benzene rings is 1. The first kappa shape index (κ1) is 15.9. The van der Waals surface area contributed by atoms with Crippen LogP contribution in [0.15, 0.2) is 47.1 Å². The highest BCUT2D eigenvalue weighted by Crippen LogP contribution is 2.29. The van der Waals surface area contributed by atoms with Gasteiger partial charge in [-0.05, 0) is 41.2 Å². The summed E-state index contributed by atoms with van der Waals surface area (Å²) in [5.74, 6) is 0.846. The molecule has 0 saturated heterocycles. The number of nitrogens with one attached hydrogen (secondary N) is 1. The van der Waals surface area contributed by atoms with Crippen molar-refractivity contribution in [2.45, 2.75) is 6.04 Å². The summed E-state index contributed by atoms with van der Waals surface area (Å²) in [5.41, 5.74) is 2.01. The number of para-hydroxylation sites is 1. The summed E-state index contributed by atoms with van der Waals surface area (Å²) < 4.78 is 11.8. The Kier molecular flexibility index (Phi) is 6.17. The third-order valence-electron chi connectivity index (χ3n) is 3.11.